The van der Waals surface area contributed by atoms with Gasteiger partial charge in [0.15, 0.2) is 0 Å². The normalized spacial score (nSPS) is 10.9. The molecular formula is C15H31NO2. The van der Waals surface area contributed by atoms with Gasteiger partial charge in [0.1, 0.15) is 0 Å². The van der Waals surface area contributed by atoms with E-state index >= 15 is 0 Å². The molecule has 0 spiro atoms. The molecule has 18 heavy (non-hydrogen) atoms. The maximum Gasteiger partial charge on any atom is 0.305 e. The van der Waals surface area contributed by atoms with Crippen molar-refractivity contribution in [1.29, 1.82) is 0 Å². The minimum atomic E-state index is -0.0471. The first-order valence-electron chi connectivity index (χ1n) is 7.55. The quantitative estimate of drug-likeness (QED) is 0.428. The summed E-state index contributed by atoms with van der Waals surface area (Å²) in [5.74, 6) is -0.0471. The molecule has 0 aromatic carbocycles. The molecular weight excluding hydrogens is 226 g/mol. The van der Waals surface area contributed by atoms with E-state index in [1.807, 2.05) is 0 Å². The zero-order chi connectivity index (χ0) is 13.6. The van der Waals surface area contributed by atoms with Crippen LogP contribution in [0.25, 0.3) is 0 Å². The summed E-state index contributed by atoms with van der Waals surface area (Å²) in [5, 5.41) is 3.29. The van der Waals surface area contributed by atoms with Crippen LogP contribution in [0.2, 0.25) is 0 Å². The van der Waals surface area contributed by atoms with Crippen LogP contribution in [-0.4, -0.2) is 25.2 Å². The number of hydrogen-bond acceptors (Lipinski definition) is 3. The fourth-order valence-electron chi connectivity index (χ4n) is 1.76. The van der Waals surface area contributed by atoms with E-state index in [4.69, 9.17) is 4.74 Å². The van der Waals surface area contributed by atoms with E-state index in [0.29, 0.717) is 19.1 Å². The van der Waals surface area contributed by atoms with Crippen molar-refractivity contribution >= 4 is 5.97 Å². The van der Waals surface area contributed by atoms with E-state index in [2.05, 4.69) is 26.1 Å². The molecule has 0 aliphatic heterocycles. The average molecular weight is 257 g/mol. The Morgan fingerprint density at radius 3 is 2.39 bits per heavy atom. The highest BCUT2D eigenvalue weighted by Gasteiger charge is 2.02. The van der Waals surface area contributed by atoms with Crippen molar-refractivity contribution < 1.29 is 9.53 Å². The third-order valence-electron chi connectivity index (χ3n) is 2.87. The smallest absolute Gasteiger partial charge is 0.305 e. The molecule has 3 nitrogen and oxygen atoms in total. The summed E-state index contributed by atoms with van der Waals surface area (Å²) in [7, 11) is 0. The van der Waals surface area contributed by atoms with Crippen molar-refractivity contribution in [3.05, 3.63) is 0 Å². The van der Waals surface area contributed by atoms with Crippen LogP contribution >= 0.6 is 0 Å². The number of esters is 1. The van der Waals surface area contributed by atoms with Gasteiger partial charge in [-0.2, -0.15) is 0 Å². The lowest BCUT2D eigenvalue weighted by Crippen LogP contribution is -2.24. The van der Waals surface area contributed by atoms with Crippen LogP contribution in [0.4, 0.5) is 0 Å². The molecule has 0 aromatic rings. The molecule has 3 heteroatoms. The molecule has 108 valence electrons. The van der Waals surface area contributed by atoms with Crippen molar-refractivity contribution in [2.75, 3.05) is 13.2 Å². The van der Waals surface area contributed by atoms with Crippen molar-refractivity contribution in [2.45, 2.75) is 78.2 Å². The van der Waals surface area contributed by atoms with Crippen LogP contribution in [0, 0.1) is 0 Å². The van der Waals surface area contributed by atoms with E-state index in [1.165, 1.54) is 32.1 Å². The average Bonchev–Trinajstić information content (AvgIpc) is 2.33. The summed E-state index contributed by atoms with van der Waals surface area (Å²) in [6, 6.07) is 0.490. The number of unbranched alkanes of at least 4 members (excludes halogenated alkanes) is 5. The molecule has 1 N–H and O–H groups in total. The van der Waals surface area contributed by atoms with Gasteiger partial charge in [0.25, 0.3) is 0 Å². The third-order valence-corrected chi connectivity index (χ3v) is 2.87. The summed E-state index contributed by atoms with van der Waals surface area (Å²) in [6.45, 7) is 7.93. The lowest BCUT2D eigenvalue weighted by atomic mass is 10.1. The highest BCUT2D eigenvalue weighted by molar-refractivity contribution is 5.69. The molecule has 0 radical (unpaired) electrons. The van der Waals surface area contributed by atoms with Gasteiger partial charge < -0.3 is 10.1 Å². The molecule has 0 fully saturated rings. The summed E-state index contributed by atoms with van der Waals surface area (Å²) in [6.07, 6.45) is 8.78. The first-order chi connectivity index (χ1) is 8.66. The first kappa shape index (κ1) is 17.4. The molecule has 0 unspecified atom stereocenters. The van der Waals surface area contributed by atoms with Crippen LogP contribution in [-0.2, 0) is 9.53 Å². The Morgan fingerprint density at radius 2 is 1.72 bits per heavy atom. The number of carbonyl (C=O) groups is 1. The lowest BCUT2D eigenvalue weighted by molar-refractivity contribution is -0.143. The molecule has 0 bridgehead atoms. The summed E-state index contributed by atoms with van der Waals surface area (Å²) in [5.41, 5.74) is 0. The van der Waals surface area contributed by atoms with Crippen molar-refractivity contribution in [1.82, 2.24) is 5.32 Å². The number of rotatable bonds is 12. The topological polar surface area (TPSA) is 38.3 Å². The summed E-state index contributed by atoms with van der Waals surface area (Å²) >= 11 is 0. The van der Waals surface area contributed by atoms with Crippen LogP contribution in [0.1, 0.15) is 72.1 Å². The predicted molar refractivity (Wildman–Crippen MR) is 76.7 cm³/mol. The highest BCUT2D eigenvalue weighted by atomic mass is 16.5. The number of ether oxygens (including phenoxy) is 1. The van der Waals surface area contributed by atoms with Crippen LogP contribution < -0.4 is 5.32 Å². The Balaban J connectivity index is 3.17. The SMILES string of the molecule is CCCCCCCCOC(=O)CCCNC(C)C. The summed E-state index contributed by atoms with van der Waals surface area (Å²) < 4.78 is 5.19. The van der Waals surface area contributed by atoms with Crippen molar-refractivity contribution in [2.24, 2.45) is 0 Å². The molecule has 0 amide bonds. The van der Waals surface area contributed by atoms with Gasteiger partial charge in [0.05, 0.1) is 6.61 Å². The van der Waals surface area contributed by atoms with Crippen molar-refractivity contribution in [3.63, 3.8) is 0 Å². The molecule has 0 saturated carbocycles. The van der Waals surface area contributed by atoms with E-state index in [9.17, 15) is 4.79 Å². The van der Waals surface area contributed by atoms with Gasteiger partial charge in [-0.05, 0) is 19.4 Å². The standard InChI is InChI=1S/C15H31NO2/c1-4-5-6-7-8-9-13-18-15(17)11-10-12-16-14(2)3/h14,16H,4-13H2,1-3H3. The van der Waals surface area contributed by atoms with Gasteiger partial charge in [0.2, 0.25) is 0 Å². The minimum Gasteiger partial charge on any atom is -0.466 e. The second-order valence-corrected chi connectivity index (χ2v) is 5.20. The second kappa shape index (κ2) is 12.9. The molecule has 0 aliphatic carbocycles. The van der Waals surface area contributed by atoms with E-state index < -0.39 is 0 Å². The van der Waals surface area contributed by atoms with Crippen LogP contribution in [0.5, 0.6) is 0 Å². The largest absolute Gasteiger partial charge is 0.466 e. The fraction of sp³-hybridized carbons (Fsp3) is 0.933. The lowest BCUT2D eigenvalue weighted by Gasteiger charge is -2.08. The second-order valence-electron chi connectivity index (χ2n) is 5.20. The molecule has 0 atom stereocenters. The Bertz CT molecular complexity index is 193. The zero-order valence-electron chi connectivity index (χ0n) is 12.5. The maximum atomic E-state index is 11.4. The zero-order valence-corrected chi connectivity index (χ0v) is 12.5. The Labute approximate surface area is 113 Å². The van der Waals surface area contributed by atoms with E-state index in [0.717, 1.165) is 19.4 Å². The minimum absolute atomic E-state index is 0.0471. The van der Waals surface area contributed by atoms with Gasteiger partial charge in [0, 0.05) is 12.5 Å². The fourth-order valence-corrected chi connectivity index (χ4v) is 1.76. The van der Waals surface area contributed by atoms with Crippen LogP contribution in [0.15, 0.2) is 0 Å². The van der Waals surface area contributed by atoms with E-state index in [-0.39, 0.29) is 5.97 Å². The maximum absolute atomic E-state index is 11.4. The number of nitrogens with one attached hydrogen (secondary N) is 1. The van der Waals surface area contributed by atoms with Gasteiger partial charge >= 0.3 is 5.97 Å². The predicted octanol–water partition coefficient (Wildman–Crippen LogP) is 3.67. The number of hydrogen-bond donors (Lipinski definition) is 1. The Morgan fingerprint density at radius 1 is 1.06 bits per heavy atom. The van der Waals surface area contributed by atoms with E-state index in [1.54, 1.807) is 0 Å². The molecule has 0 aromatic heterocycles. The number of carbonyl (C=O) groups excluding carboxylic acids is 1. The molecule has 0 heterocycles. The van der Waals surface area contributed by atoms with Gasteiger partial charge in [-0.15, -0.1) is 0 Å². The Kier molecular flexibility index (Phi) is 12.5. The monoisotopic (exact) mass is 257 g/mol. The highest BCUT2D eigenvalue weighted by Crippen LogP contribution is 2.05. The molecule has 0 aliphatic rings. The van der Waals surface area contributed by atoms with Crippen LogP contribution in [0.3, 0.4) is 0 Å². The summed E-state index contributed by atoms with van der Waals surface area (Å²) in [4.78, 5) is 11.4. The van der Waals surface area contributed by atoms with Gasteiger partial charge in [-0.25, -0.2) is 0 Å². The molecule has 0 saturated heterocycles. The third kappa shape index (κ3) is 13.5. The van der Waals surface area contributed by atoms with Gasteiger partial charge in [-0.1, -0.05) is 52.9 Å². The molecule has 0 rings (SSSR count). The Hall–Kier alpha value is -0.570. The first-order valence-corrected chi connectivity index (χ1v) is 7.55. The van der Waals surface area contributed by atoms with Crippen molar-refractivity contribution in [3.8, 4) is 0 Å². The van der Waals surface area contributed by atoms with Gasteiger partial charge in [-0.3, -0.25) is 4.79 Å².